The Bertz CT molecular complexity index is 1180. The fourth-order valence-corrected chi connectivity index (χ4v) is 6.55. The van der Waals surface area contributed by atoms with Gasteiger partial charge in [0.2, 0.25) is 0 Å². The van der Waals surface area contributed by atoms with E-state index in [0.29, 0.717) is 23.7 Å². The number of carbonyl (C=O) groups excluding carboxylic acids is 2. The van der Waals surface area contributed by atoms with E-state index in [4.69, 9.17) is 0 Å². The van der Waals surface area contributed by atoms with E-state index in [1.807, 2.05) is 0 Å². The van der Waals surface area contributed by atoms with Gasteiger partial charge in [-0.3, -0.25) is 9.69 Å². The van der Waals surface area contributed by atoms with Crippen molar-refractivity contribution in [1.82, 2.24) is 24.7 Å². The van der Waals surface area contributed by atoms with Gasteiger partial charge in [0, 0.05) is 24.8 Å². The quantitative estimate of drug-likeness (QED) is 0.548. The second-order valence-corrected chi connectivity index (χ2v) is 11.3. The number of hydrogen-bond acceptors (Lipinski definition) is 6. The van der Waals surface area contributed by atoms with Gasteiger partial charge in [-0.1, -0.05) is 36.8 Å². The van der Waals surface area contributed by atoms with Crippen molar-refractivity contribution in [3.8, 4) is 6.07 Å². The maximum Gasteiger partial charge on any atom is 0.321 e. The molecular weight excluding hydrogens is 464 g/mol. The van der Waals surface area contributed by atoms with Gasteiger partial charge in [0.05, 0.1) is 29.8 Å². The summed E-state index contributed by atoms with van der Waals surface area (Å²) in [4.78, 5) is 41.0. The van der Waals surface area contributed by atoms with Crippen LogP contribution in [-0.2, 0) is 16.8 Å². The molecule has 1 aliphatic heterocycles. The average Bonchev–Trinajstić information content (AvgIpc) is 3.12. The van der Waals surface area contributed by atoms with Crippen molar-refractivity contribution in [1.29, 1.82) is 5.26 Å². The predicted molar refractivity (Wildman–Crippen MR) is 139 cm³/mol. The summed E-state index contributed by atoms with van der Waals surface area (Å²) in [7, 11) is 4.31. The molecule has 8 heteroatoms. The number of hydrogen-bond donors (Lipinski definition) is 0. The molecule has 0 atom stereocenters. The van der Waals surface area contributed by atoms with Crippen LogP contribution in [0.1, 0.15) is 61.8 Å². The summed E-state index contributed by atoms with van der Waals surface area (Å²) in [6.07, 6.45) is 10.1. The van der Waals surface area contributed by atoms with Gasteiger partial charge in [-0.25, -0.2) is 14.8 Å². The van der Waals surface area contributed by atoms with Gasteiger partial charge < -0.3 is 9.80 Å². The van der Waals surface area contributed by atoms with Crippen molar-refractivity contribution in [2.75, 3.05) is 33.7 Å². The third-order valence-electron chi connectivity index (χ3n) is 9.05. The Labute approximate surface area is 219 Å². The SMILES string of the molecule is CN(C)C1(c2ccccc2)CCC2(CC1)CN(CC(=O)Cc1ncncc1C#N)C(=O)N2CC1CCC1. The zero-order valence-electron chi connectivity index (χ0n) is 21.9. The number of nitriles is 1. The van der Waals surface area contributed by atoms with Crippen LogP contribution in [-0.4, -0.2) is 75.8 Å². The number of benzene rings is 1. The molecule has 37 heavy (non-hydrogen) atoms. The summed E-state index contributed by atoms with van der Waals surface area (Å²) in [6.45, 7) is 1.42. The third-order valence-corrected chi connectivity index (χ3v) is 9.05. The molecule has 2 aromatic rings. The van der Waals surface area contributed by atoms with Crippen LogP contribution in [0.4, 0.5) is 4.79 Å². The summed E-state index contributed by atoms with van der Waals surface area (Å²) in [5, 5.41) is 9.32. The van der Waals surface area contributed by atoms with Gasteiger partial charge in [-0.2, -0.15) is 5.26 Å². The van der Waals surface area contributed by atoms with E-state index in [1.165, 1.54) is 37.4 Å². The van der Waals surface area contributed by atoms with Crippen LogP contribution in [0.25, 0.3) is 0 Å². The number of nitrogens with zero attached hydrogens (tertiary/aromatic N) is 6. The largest absolute Gasteiger partial charge is 0.321 e. The van der Waals surface area contributed by atoms with Crippen LogP contribution in [0.2, 0.25) is 0 Å². The first kappa shape index (κ1) is 25.3. The average molecular weight is 501 g/mol. The van der Waals surface area contributed by atoms with E-state index in [1.54, 1.807) is 4.90 Å². The summed E-state index contributed by atoms with van der Waals surface area (Å²) in [5.74, 6) is 0.456. The summed E-state index contributed by atoms with van der Waals surface area (Å²) < 4.78 is 0. The lowest BCUT2D eigenvalue weighted by molar-refractivity contribution is -0.119. The van der Waals surface area contributed by atoms with Crippen molar-refractivity contribution in [2.24, 2.45) is 5.92 Å². The zero-order valence-corrected chi connectivity index (χ0v) is 21.9. The van der Waals surface area contributed by atoms with E-state index < -0.39 is 0 Å². The smallest absolute Gasteiger partial charge is 0.317 e. The second-order valence-electron chi connectivity index (χ2n) is 11.3. The molecule has 194 valence electrons. The molecule has 3 fully saturated rings. The Hall–Kier alpha value is -3.31. The highest BCUT2D eigenvalue weighted by Gasteiger charge is 2.55. The molecule has 8 nitrogen and oxygen atoms in total. The van der Waals surface area contributed by atoms with E-state index in [9.17, 15) is 14.9 Å². The molecular formula is C29H36N6O2. The molecule has 2 aliphatic carbocycles. The van der Waals surface area contributed by atoms with Gasteiger partial charge >= 0.3 is 6.03 Å². The summed E-state index contributed by atoms with van der Waals surface area (Å²) >= 11 is 0. The lowest BCUT2D eigenvalue weighted by Gasteiger charge is -2.51. The van der Waals surface area contributed by atoms with Gasteiger partial charge in [-0.05, 0) is 64.1 Å². The molecule has 0 bridgehead atoms. The number of aromatic nitrogens is 2. The Morgan fingerprint density at radius 2 is 1.89 bits per heavy atom. The van der Waals surface area contributed by atoms with Crippen LogP contribution in [0.5, 0.6) is 0 Å². The molecule has 0 radical (unpaired) electrons. The minimum atomic E-state index is -0.242. The molecule has 1 aromatic carbocycles. The molecule has 5 rings (SSSR count). The number of carbonyl (C=O) groups is 2. The molecule has 3 aliphatic rings. The second kappa shape index (κ2) is 10.2. The van der Waals surface area contributed by atoms with Gasteiger partial charge in [0.15, 0.2) is 5.78 Å². The third kappa shape index (κ3) is 4.73. The number of amides is 2. The Kier molecular flexibility index (Phi) is 7.00. The highest BCUT2D eigenvalue weighted by atomic mass is 16.2. The van der Waals surface area contributed by atoms with Crippen molar-refractivity contribution in [3.63, 3.8) is 0 Å². The van der Waals surface area contributed by atoms with E-state index >= 15 is 0 Å². The maximum absolute atomic E-state index is 13.7. The van der Waals surface area contributed by atoms with Gasteiger partial charge in [0.25, 0.3) is 0 Å². The molecule has 0 unspecified atom stereocenters. The molecule has 1 spiro atoms. The van der Waals surface area contributed by atoms with E-state index in [0.717, 1.165) is 32.2 Å². The highest BCUT2D eigenvalue weighted by molar-refractivity contribution is 5.88. The molecule has 2 amide bonds. The number of ketones is 1. The standard InChI is InChI=1S/C29H36N6O2/c1-33(2)29(24-9-4-3-5-10-24)13-11-28(12-14-29)20-34(27(37)35(28)18-22-7-6-8-22)19-25(36)15-26-23(16-30)17-31-21-32-26/h3-5,9-10,17,21-22H,6-8,11-15,18-20H2,1-2H3. The molecule has 1 saturated heterocycles. The predicted octanol–water partition coefficient (Wildman–Crippen LogP) is 3.77. The van der Waals surface area contributed by atoms with E-state index in [2.05, 4.69) is 70.3 Å². The van der Waals surface area contributed by atoms with Crippen LogP contribution < -0.4 is 0 Å². The van der Waals surface area contributed by atoms with Crippen LogP contribution in [0.3, 0.4) is 0 Å². The van der Waals surface area contributed by atoms with Crippen molar-refractivity contribution in [3.05, 3.63) is 59.7 Å². The number of Topliss-reactive ketones (excluding diaryl/α,β-unsaturated/α-hetero) is 1. The Morgan fingerprint density at radius 3 is 2.51 bits per heavy atom. The van der Waals surface area contributed by atoms with Crippen LogP contribution in [0.15, 0.2) is 42.9 Å². The Balaban J connectivity index is 1.35. The normalized spacial score (nSPS) is 25.9. The summed E-state index contributed by atoms with van der Waals surface area (Å²) in [5.41, 5.74) is 1.76. The molecule has 2 heterocycles. The molecule has 1 aromatic heterocycles. The summed E-state index contributed by atoms with van der Waals surface area (Å²) in [6, 6.07) is 12.8. The van der Waals surface area contributed by atoms with Crippen molar-refractivity contribution < 1.29 is 9.59 Å². The van der Waals surface area contributed by atoms with Crippen molar-refractivity contribution in [2.45, 2.75) is 62.4 Å². The van der Waals surface area contributed by atoms with Gasteiger partial charge in [-0.15, -0.1) is 0 Å². The first-order chi connectivity index (χ1) is 17.9. The molecule has 0 N–H and O–H groups in total. The fourth-order valence-electron chi connectivity index (χ4n) is 6.55. The minimum absolute atomic E-state index is 0.0134. The fraction of sp³-hybridized carbons (Fsp3) is 0.552. The monoisotopic (exact) mass is 500 g/mol. The maximum atomic E-state index is 13.7. The van der Waals surface area contributed by atoms with Crippen LogP contribution in [0, 0.1) is 17.2 Å². The molecule has 2 saturated carbocycles. The van der Waals surface area contributed by atoms with Crippen molar-refractivity contribution >= 4 is 11.8 Å². The lowest BCUT2D eigenvalue weighted by Crippen LogP contribution is -2.56. The zero-order chi connectivity index (χ0) is 26.0. The van der Waals surface area contributed by atoms with E-state index in [-0.39, 0.29) is 35.9 Å². The number of rotatable bonds is 8. The first-order valence-corrected chi connectivity index (χ1v) is 13.4. The minimum Gasteiger partial charge on any atom is -0.317 e. The number of urea groups is 1. The highest BCUT2D eigenvalue weighted by Crippen LogP contribution is 2.49. The van der Waals surface area contributed by atoms with Crippen LogP contribution >= 0.6 is 0 Å². The van der Waals surface area contributed by atoms with Gasteiger partial charge in [0.1, 0.15) is 12.4 Å². The Morgan fingerprint density at radius 1 is 1.16 bits per heavy atom. The first-order valence-electron chi connectivity index (χ1n) is 13.4. The lowest BCUT2D eigenvalue weighted by atomic mass is 9.68. The topological polar surface area (TPSA) is 93.4 Å².